The van der Waals surface area contributed by atoms with Crippen LogP contribution in [0, 0.1) is 11.7 Å². The van der Waals surface area contributed by atoms with E-state index in [0.717, 1.165) is 18.1 Å². The van der Waals surface area contributed by atoms with Crippen LogP contribution in [0.25, 0.3) is 11.4 Å². The van der Waals surface area contributed by atoms with Crippen LogP contribution >= 0.6 is 11.3 Å². The van der Waals surface area contributed by atoms with Crippen molar-refractivity contribution in [2.24, 2.45) is 5.92 Å². The van der Waals surface area contributed by atoms with Crippen molar-refractivity contribution in [3.63, 3.8) is 0 Å². The van der Waals surface area contributed by atoms with Crippen molar-refractivity contribution in [1.29, 1.82) is 0 Å². The van der Waals surface area contributed by atoms with E-state index in [2.05, 4.69) is 10.1 Å². The van der Waals surface area contributed by atoms with Gasteiger partial charge in [-0.05, 0) is 48.4 Å². The van der Waals surface area contributed by atoms with Gasteiger partial charge in [0.25, 0.3) is 0 Å². The van der Waals surface area contributed by atoms with Crippen LogP contribution in [-0.4, -0.2) is 43.1 Å². The Kier molecular flexibility index (Phi) is 5.66. The third kappa shape index (κ3) is 4.19. The fourth-order valence-corrected chi connectivity index (χ4v) is 5.85. The average Bonchev–Trinajstić information content (AvgIpc) is 3.40. The predicted molar refractivity (Wildman–Crippen MR) is 106 cm³/mol. The molecule has 1 aromatic carbocycles. The summed E-state index contributed by atoms with van der Waals surface area (Å²) in [6, 6.07) is 5.43. The Balaban J connectivity index is 1.50. The lowest BCUT2D eigenvalue weighted by molar-refractivity contribution is 0.246. The van der Waals surface area contributed by atoms with Crippen molar-refractivity contribution < 1.29 is 22.1 Å². The number of thiophene rings is 1. The van der Waals surface area contributed by atoms with Gasteiger partial charge in [-0.1, -0.05) is 5.16 Å². The summed E-state index contributed by atoms with van der Waals surface area (Å²) in [6.45, 7) is 0.681. The van der Waals surface area contributed by atoms with Crippen molar-refractivity contribution >= 4 is 21.4 Å². The lowest BCUT2D eigenvalue weighted by Gasteiger charge is -2.31. The van der Waals surface area contributed by atoms with Crippen molar-refractivity contribution in [3.05, 3.63) is 46.7 Å². The van der Waals surface area contributed by atoms with Gasteiger partial charge < -0.3 is 9.26 Å². The second kappa shape index (κ2) is 8.21. The molecule has 3 heterocycles. The van der Waals surface area contributed by atoms with E-state index < -0.39 is 15.8 Å². The Morgan fingerprint density at radius 3 is 3.00 bits per heavy atom. The molecule has 0 N–H and O–H groups in total. The molecule has 0 spiro atoms. The first kappa shape index (κ1) is 20.0. The Labute approximate surface area is 172 Å². The second-order valence-electron chi connectivity index (χ2n) is 6.89. The first-order chi connectivity index (χ1) is 14.0. The van der Waals surface area contributed by atoms with Gasteiger partial charge in [0, 0.05) is 30.5 Å². The maximum absolute atomic E-state index is 13.7. The minimum atomic E-state index is -3.88. The molecule has 1 fully saturated rings. The molecule has 0 saturated carbocycles. The second-order valence-corrected chi connectivity index (χ2v) is 9.58. The summed E-state index contributed by atoms with van der Waals surface area (Å²) in [5, 5.41) is 7.88. The van der Waals surface area contributed by atoms with Crippen LogP contribution < -0.4 is 4.74 Å². The molecule has 1 saturated heterocycles. The summed E-state index contributed by atoms with van der Waals surface area (Å²) in [5.41, 5.74) is 0.899. The van der Waals surface area contributed by atoms with Gasteiger partial charge in [0.05, 0.1) is 7.11 Å². The van der Waals surface area contributed by atoms with E-state index in [1.807, 2.05) is 16.8 Å². The molecular formula is C19H20FN3O4S2. The van der Waals surface area contributed by atoms with Crippen LogP contribution in [0.4, 0.5) is 4.39 Å². The zero-order valence-corrected chi connectivity index (χ0v) is 17.4. The zero-order valence-electron chi connectivity index (χ0n) is 15.7. The molecule has 3 aromatic rings. The number of hydrogen-bond acceptors (Lipinski definition) is 7. The van der Waals surface area contributed by atoms with Gasteiger partial charge in [-0.15, -0.1) is 0 Å². The maximum Gasteiger partial charge on any atom is 0.246 e. The summed E-state index contributed by atoms with van der Waals surface area (Å²) in [4.78, 5) is 4.27. The normalized spacial score (nSPS) is 18.1. The quantitative estimate of drug-likeness (QED) is 0.586. The van der Waals surface area contributed by atoms with E-state index >= 15 is 0 Å². The van der Waals surface area contributed by atoms with Crippen LogP contribution in [-0.2, 0) is 16.4 Å². The Hall–Kier alpha value is -2.30. The van der Waals surface area contributed by atoms with Gasteiger partial charge in [-0.25, -0.2) is 12.8 Å². The topological polar surface area (TPSA) is 85.5 Å². The van der Waals surface area contributed by atoms with E-state index in [-0.39, 0.29) is 16.6 Å². The van der Waals surface area contributed by atoms with Gasteiger partial charge in [-0.2, -0.15) is 20.6 Å². The highest BCUT2D eigenvalue weighted by atomic mass is 32.2. The summed E-state index contributed by atoms with van der Waals surface area (Å²) >= 11 is 1.55. The summed E-state index contributed by atoms with van der Waals surface area (Å²) < 4.78 is 51.8. The van der Waals surface area contributed by atoms with Crippen LogP contribution in [0.2, 0.25) is 0 Å². The molecule has 0 unspecified atom stereocenters. The Bertz CT molecular complexity index is 1080. The fraction of sp³-hybridized carbons (Fsp3) is 0.368. The number of halogens is 1. The largest absolute Gasteiger partial charge is 0.495 e. The highest BCUT2D eigenvalue weighted by molar-refractivity contribution is 7.89. The number of nitrogens with zero attached hydrogens (tertiary/aromatic N) is 3. The van der Waals surface area contributed by atoms with Crippen molar-refractivity contribution in [2.75, 3.05) is 20.2 Å². The molecular weight excluding hydrogens is 417 g/mol. The molecule has 1 aliphatic rings. The molecule has 154 valence electrons. The summed E-state index contributed by atoms with van der Waals surface area (Å²) in [6.07, 6.45) is 2.04. The van der Waals surface area contributed by atoms with Gasteiger partial charge in [0.1, 0.15) is 16.5 Å². The minimum Gasteiger partial charge on any atom is -0.495 e. The molecule has 4 rings (SSSR count). The molecule has 29 heavy (non-hydrogen) atoms. The molecule has 7 nitrogen and oxygen atoms in total. The van der Waals surface area contributed by atoms with Crippen molar-refractivity contribution in [3.8, 4) is 17.1 Å². The summed E-state index contributed by atoms with van der Waals surface area (Å²) in [7, 11) is -2.51. The predicted octanol–water partition coefficient (Wildman–Crippen LogP) is 3.59. The average molecular weight is 438 g/mol. The molecule has 0 radical (unpaired) electrons. The molecule has 0 amide bonds. The van der Waals surface area contributed by atoms with Gasteiger partial charge in [-0.3, -0.25) is 0 Å². The Morgan fingerprint density at radius 2 is 2.24 bits per heavy atom. The highest BCUT2D eigenvalue weighted by Crippen LogP contribution is 2.31. The molecule has 1 aliphatic heterocycles. The first-order valence-electron chi connectivity index (χ1n) is 9.16. The number of methoxy groups -OCH3 is 1. The van der Waals surface area contributed by atoms with E-state index in [1.165, 1.54) is 23.5 Å². The van der Waals surface area contributed by atoms with Crippen LogP contribution in [0.15, 0.2) is 44.4 Å². The molecule has 10 heteroatoms. The molecule has 0 aliphatic carbocycles. The number of piperidine rings is 1. The monoisotopic (exact) mass is 437 g/mol. The number of rotatable bonds is 6. The van der Waals surface area contributed by atoms with E-state index in [4.69, 9.17) is 9.26 Å². The zero-order chi connectivity index (χ0) is 20.4. The third-order valence-corrected chi connectivity index (χ3v) is 7.51. The number of aromatic nitrogens is 2. The first-order valence-corrected chi connectivity index (χ1v) is 11.5. The fourth-order valence-electron chi connectivity index (χ4n) is 3.50. The molecule has 0 bridgehead atoms. The van der Waals surface area contributed by atoms with Crippen molar-refractivity contribution in [2.45, 2.75) is 24.2 Å². The number of ether oxygens (including phenoxy) is 1. The summed E-state index contributed by atoms with van der Waals surface area (Å²) in [5.74, 6) is 0.564. The van der Waals surface area contributed by atoms with Crippen LogP contribution in [0.5, 0.6) is 5.75 Å². The van der Waals surface area contributed by atoms with E-state index in [9.17, 15) is 12.8 Å². The molecule has 2 aromatic heterocycles. The number of hydrogen-bond donors (Lipinski definition) is 0. The van der Waals surface area contributed by atoms with Gasteiger partial charge in [0.2, 0.25) is 21.7 Å². The van der Waals surface area contributed by atoms with Crippen molar-refractivity contribution in [1.82, 2.24) is 14.4 Å². The minimum absolute atomic E-state index is 0.0360. The Morgan fingerprint density at radius 1 is 1.38 bits per heavy atom. The lowest BCUT2D eigenvalue weighted by atomic mass is 9.96. The van der Waals surface area contributed by atoms with Gasteiger partial charge >= 0.3 is 0 Å². The van der Waals surface area contributed by atoms with Gasteiger partial charge in [0.15, 0.2) is 0 Å². The van der Waals surface area contributed by atoms with Crippen LogP contribution in [0.1, 0.15) is 18.7 Å². The number of sulfonamides is 1. The van der Waals surface area contributed by atoms with Crippen LogP contribution in [0.3, 0.4) is 0 Å². The van der Waals surface area contributed by atoms with E-state index in [0.29, 0.717) is 37.6 Å². The highest BCUT2D eigenvalue weighted by Gasteiger charge is 2.33. The number of benzene rings is 1. The molecule has 1 atom stereocenters. The SMILES string of the molecule is COc1ccc(F)cc1S(=O)(=O)N1CCC[C@@H](Cc2nc(-c3ccsc3)no2)C1. The lowest BCUT2D eigenvalue weighted by Crippen LogP contribution is -2.40. The maximum atomic E-state index is 13.7. The smallest absolute Gasteiger partial charge is 0.246 e. The van der Waals surface area contributed by atoms with E-state index in [1.54, 1.807) is 11.3 Å². The third-order valence-electron chi connectivity index (χ3n) is 4.94. The standard InChI is InChI=1S/C19H20FN3O4S2/c1-26-16-5-4-15(20)10-17(16)29(24,25)23-7-2-3-13(11-23)9-18-21-19(22-27-18)14-6-8-28-12-14/h4-6,8,10,12-13H,2-3,7,9,11H2,1H3/t13-/m0/s1.